The maximum Gasteiger partial charge on any atom is 0.422 e. The molecule has 17 heavy (non-hydrogen) atoms. The highest BCUT2D eigenvalue weighted by molar-refractivity contribution is 6.19. The summed E-state index contributed by atoms with van der Waals surface area (Å²) >= 11 is 5.30. The highest BCUT2D eigenvalue weighted by Gasteiger charge is 2.28. The van der Waals surface area contributed by atoms with E-state index in [0.29, 0.717) is 0 Å². The third kappa shape index (κ3) is 5.45. The number of hydrogen-bond donors (Lipinski definition) is 0. The molecule has 0 aliphatic rings. The molecule has 0 atom stereocenters. The number of hydrogen-bond acceptors (Lipinski definition) is 1. The first-order valence-electron chi connectivity index (χ1n) is 4.46. The minimum atomic E-state index is -4.46. The lowest BCUT2D eigenvalue weighted by Gasteiger charge is -2.09. The van der Waals surface area contributed by atoms with Crippen LogP contribution in [0, 0.1) is 17.7 Å². The molecule has 0 fully saturated rings. The molecule has 1 nitrogen and oxygen atoms in total. The van der Waals surface area contributed by atoms with Gasteiger partial charge in [-0.1, -0.05) is 11.8 Å². The molecule has 0 heterocycles. The Morgan fingerprint density at radius 3 is 2.53 bits per heavy atom. The highest BCUT2D eigenvalue weighted by atomic mass is 35.5. The smallest absolute Gasteiger partial charge is 0.422 e. The van der Waals surface area contributed by atoms with Gasteiger partial charge in [-0.15, -0.1) is 11.6 Å². The molecule has 0 saturated carbocycles. The number of benzene rings is 1. The van der Waals surface area contributed by atoms with E-state index in [4.69, 9.17) is 11.6 Å². The van der Waals surface area contributed by atoms with E-state index in [1.807, 2.05) is 0 Å². The quantitative estimate of drug-likeness (QED) is 0.453. The van der Waals surface area contributed by atoms with Crippen molar-refractivity contribution in [2.75, 3.05) is 12.5 Å². The van der Waals surface area contributed by atoms with Gasteiger partial charge in [0.15, 0.2) is 6.61 Å². The molecule has 0 N–H and O–H groups in total. The first kappa shape index (κ1) is 13.7. The van der Waals surface area contributed by atoms with Crippen molar-refractivity contribution in [2.24, 2.45) is 0 Å². The molecule has 0 aliphatic heterocycles. The van der Waals surface area contributed by atoms with E-state index in [1.165, 1.54) is 6.07 Å². The van der Waals surface area contributed by atoms with Crippen LogP contribution in [-0.2, 0) is 0 Å². The third-order valence-electron chi connectivity index (χ3n) is 1.57. The molecule has 0 aliphatic carbocycles. The summed E-state index contributed by atoms with van der Waals surface area (Å²) in [6.07, 6.45) is -4.46. The van der Waals surface area contributed by atoms with Crippen LogP contribution in [-0.4, -0.2) is 18.7 Å². The second kappa shape index (κ2) is 5.78. The van der Waals surface area contributed by atoms with Crippen LogP contribution >= 0.6 is 11.6 Å². The van der Waals surface area contributed by atoms with E-state index in [-0.39, 0.29) is 17.2 Å². The first-order valence-corrected chi connectivity index (χ1v) is 4.99. The number of alkyl halides is 4. The van der Waals surface area contributed by atoms with Crippen molar-refractivity contribution in [1.82, 2.24) is 0 Å². The normalized spacial score (nSPS) is 10.6. The Morgan fingerprint density at radius 1 is 1.24 bits per heavy atom. The van der Waals surface area contributed by atoms with Crippen molar-refractivity contribution in [3.8, 4) is 17.6 Å². The molecule has 0 bridgehead atoms. The number of ether oxygens (including phenoxy) is 1. The Morgan fingerprint density at radius 2 is 1.94 bits per heavy atom. The van der Waals surface area contributed by atoms with Crippen molar-refractivity contribution < 1.29 is 22.3 Å². The van der Waals surface area contributed by atoms with E-state index in [0.717, 1.165) is 12.1 Å². The van der Waals surface area contributed by atoms with Crippen LogP contribution in [0.3, 0.4) is 0 Å². The predicted molar refractivity (Wildman–Crippen MR) is 55.5 cm³/mol. The zero-order valence-corrected chi connectivity index (χ0v) is 9.20. The van der Waals surface area contributed by atoms with Gasteiger partial charge in [-0.2, -0.15) is 13.2 Å². The van der Waals surface area contributed by atoms with Crippen molar-refractivity contribution in [2.45, 2.75) is 6.18 Å². The molecule has 1 rings (SSSR count). The molecule has 0 saturated heterocycles. The fraction of sp³-hybridized carbons (Fsp3) is 0.273. The lowest BCUT2D eigenvalue weighted by atomic mass is 10.2. The van der Waals surface area contributed by atoms with Gasteiger partial charge in [0.2, 0.25) is 0 Å². The summed E-state index contributed by atoms with van der Waals surface area (Å²) in [6, 6.07) is 3.16. The van der Waals surface area contributed by atoms with Gasteiger partial charge < -0.3 is 4.74 Å². The minimum Gasteiger partial charge on any atom is -0.484 e. The molecule has 6 heteroatoms. The maximum atomic E-state index is 13.0. The van der Waals surface area contributed by atoms with Gasteiger partial charge in [-0.05, 0) is 12.1 Å². The molecular weight excluding hydrogens is 260 g/mol. The minimum absolute atomic E-state index is 0.0508. The Kier molecular flexibility index (Phi) is 4.64. The molecule has 92 valence electrons. The van der Waals surface area contributed by atoms with Crippen molar-refractivity contribution in [1.29, 1.82) is 0 Å². The van der Waals surface area contributed by atoms with Crippen LogP contribution in [0.5, 0.6) is 5.75 Å². The largest absolute Gasteiger partial charge is 0.484 e. The molecule has 0 radical (unpaired) electrons. The summed E-state index contributed by atoms with van der Waals surface area (Å²) in [5.74, 6) is 4.06. The number of halogens is 5. The van der Waals surface area contributed by atoms with E-state index >= 15 is 0 Å². The van der Waals surface area contributed by atoms with Gasteiger partial charge in [-0.25, -0.2) is 4.39 Å². The van der Waals surface area contributed by atoms with E-state index < -0.39 is 18.6 Å². The molecule has 0 spiro atoms. The molecule has 1 aromatic rings. The topological polar surface area (TPSA) is 9.23 Å². The van der Waals surface area contributed by atoms with Gasteiger partial charge >= 0.3 is 6.18 Å². The zero-order valence-electron chi connectivity index (χ0n) is 8.44. The van der Waals surface area contributed by atoms with Crippen LogP contribution < -0.4 is 4.74 Å². The summed E-state index contributed by atoms with van der Waals surface area (Å²) in [5.41, 5.74) is 0.211. The Hall–Kier alpha value is -1.41. The van der Waals surface area contributed by atoms with E-state index in [2.05, 4.69) is 16.6 Å². The first-order chi connectivity index (χ1) is 7.90. The van der Waals surface area contributed by atoms with E-state index in [1.54, 1.807) is 0 Å². The molecule has 1 aromatic carbocycles. The lowest BCUT2D eigenvalue weighted by molar-refractivity contribution is -0.153. The monoisotopic (exact) mass is 266 g/mol. The fourth-order valence-electron chi connectivity index (χ4n) is 1.02. The van der Waals surface area contributed by atoms with Crippen molar-refractivity contribution >= 4 is 11.6 Å². The summed E-state index contributed by atoms with van der Waals surface area (Å²) in [5, 5.41) is 0. The van der Waals surface area contributed by atoms with Gasteiger partial charge in [0.1, 0.15) is 11.6 Å². The van der Waals surface area contributed by atoms with Crippen LogP contribution in [0.25, 0.3) is 0 Å². The van der Waals surface area contributed by atoms with Crippen molar-refractivity contribution in [3.63, 3.8) is 0 Å². The maximum absolute atomic E-state index is 13.0. The average Bonchev–Trinajstić information content (AvgIpc) is 2.22. The van der Waals surface area contributed by atoms with Crippen LogP contribution in [0.15, 0.2) is 18.2 Å². The van der Waals surface area contributed by atoms with Gasteiger partial charge in [-0.3, -0.25) is 0 Å². The Labute approximate surface area is 100 Å². The average molecular weight is 267 g/mol. The Balaban J connectivity index is 2.82. The fourth-order valence-corrected chi connectivity index (χ4v) is 1.09. The molecule has 0 amide bonds. The van der Waals surface area contributed by atoms with Gasteiger partial charge in [0.25, 0.3) is 0 Å². The predicted octanol–water partition coefficient (Wildman–Crippen LogP) is 3.36. The number of rotatable bonds is 2. The lowest BCUT2D eigenvalue weighted by Crippen LogP contribution is -2.19. The molecule has 0 aromatic heterocycles. The summed E-state index contributed by atoms with van der Waals surface area (Å²) in [4.78, 5) is 0. The highest BCUT2D eigenvalue weighted by Crippen LogP contribution is 2.20. The van der Waals surface area contributed by atoms with Crippen LogP contribution in [0.2, 0.25) is 0 Å². The summed E-state index contributed by atoms with van der Waals surface area (Å²) < 4.78 is 53.1. The molecule has 0 unspecified atom stereocenters. The third-order valence-corrected chi connectivity index (χ3v) is 1.71. The summed E-state index contributed by atoms with van der Waals surface area (Å²) in [7, 11) is 0. The second-order valence-corrected chi connectivity index (χ2v) is 3.28. The standard InChI is InChI=1S/C11H7ClF4O/c12-3-1-2-8-4-9(13)6-10(5-8)17-7-11(14,15)16/h4-6H,3,7H2. The van der Waals surface area contributed by atoms with Crippen LogP contribution in [0.4, 0.5) is 17.6 Å². The second-order valence-electron chi connectivity index (χ2n) is 3.01. The van der Waals surface area contributed by atoms with Gasteiger partial charge in [0.05, 0.1) is 5.88 Å². The van der Waals surface area contributed by atoms with E-state index in [9.17, 15) is 17.6 Å². The SMILES string of the molecule is Fc1cc(C#CCCl)cc(OCC(F)(F)F)c1. The Bertz CT molecular complexity index is 445. The van der Waals surface area contributed by atoms with Crippen LogP contribution in [0.1, 0.15) is 5.56 Å². The van der Waals surface area contributed by atoms with Gasteiger partial charge in [0, 0.05) is 11.6 Å². The summed E-state index contributed by atoms with van der Waals surface area (Å²) in [6.45, 7) is -1.47. The molecular formula is C11H7ClF4O. The van der Waals surface area contributed by atoms with Crippen molar-refractivity contribution in [3.05, 3.63) is 29.6 Å². The zero-order chi connectivity index (χ0) is 12.9.